The number of sulfonamides is 1. The second kappa shape index (κ2) is 5.27. The van der Waals surface area contributed by atoms with E-state index < -0.39 is 10.0 Å². The van der Waals surface area contributed by atoms with E-state index in [9.17, 15) is 8.42 Å². The lowest BCUT2D eigenvalue weighted by atomic mass is 10.1. The van der Waals surface area contributed by atoms with Gasteiger partial charge in [0, 0.05) is 0 Å². The van der Waals surface area contributed by atoms with Crippen molar-refractivity contribution < 1.29 is 8.42 Å². The number of hydrogen-bond donors (Lipinski definition) is 1. The van der Waals surface area contributed by atoms with Crippen LogP contribution in [0.5, 0.6) is 0 Å². The molecule has 3 nitrogen and oxygen atoms in total. The summed E-state index contributed by atoms with van der Waals surface area (Å²) in [7, 11) is -3.21. The van der Waals surface area contributed by atoms with Gasteiger partial charge in [0.15, 0.2) is 0 Å². The molecule has 1 N–H and O–H groups in total. The third-order valence-electron chi connectivity index (χ3n) is 2.00. The van der Waals surface area contributed by atoms with E-state index in [1.54, 1.807) is 0 Å². The van der Waals surface area contributed by atoms with E-state index >= 15 is 0 Å². The molecular weight excluding hydrogens is 222 g/mol. The van der Waals surface area contributed by atoms with Crippen molar-refractivity contribution in [2.75, 3.05) is 6.26 Å². The number of nitrogens with one attached hydrogen (secondary N) is 1. The second-order valence-corrected chi connectivity index (χ2v) is 5.80. The Bertz CT molecular complexity index is 459. The zero-order valence-electron chi connectivity index (χ0n) is 9.77. The van der Waals surface area contributed by atoms with Crippen LogP contribution < -0.4 is 4.72 Å². The minimum absolute atomic E-state index is 0.291. The Balaban J connectivity index is 3.02. The fourth-order valence-electron chi connectivity index (χ4n) is 1.42. The Hall–Kier alpha value is -1.13. The van der Waals surface area contributed by atoms with Crippen LogP contribution in [0.1, 0.15) is 25.5 Å². The number of benzene rings is 1. The summed E-state index contributed by atoms with van der Waals surface area (Å²) in [6.07, 6.45) is 3.07. The quantitative estimate of drug-likeness (QED) is 0.819. The van der Waals surface area contributed by atoms with Crippen LogP contribution in [-0.2, 0) is 10.0 Å². The van der Waals surface area contributed by atoms with Crippen LogP contribution in [0.3, 0.4) is 0 Å². The van der Waals surface area contributed by atoms with E-state index in [1.165, 1.54) is 6.26 Å². The first kappa shape index (κ1) is 12.9. The van der Waals surface area contributed by atoms with Crippen molar-refractivity contribution in [2.24, 2.45) is 0 Å². The zero-order valence-corrected chi connectivity index (χ0v) is 10.6. The predicted molar refractivity (Wildman–Crippen MR) is 66.6 cm³/mol. The van der Waals surface area contributed by atoms with Gasteiger partial charge < -0.3 is 0 Å². The van der Waals surface area contributed by atoms with Crippen LogP contribution in [0, 0.1) is 0 Å². The van der Waals surface area contributed by atoms with E-state index in [1.807, 2.05) is 50.3 Å². The summed E-state index contributed by atoms with van der Waals surface area (Å²) in [5.74, 6) is 0. The second-order valence-electron chi connectivity index (χ2n) is 4.02. The number of rotatable bonds is 4. The van der Waals surface area contributed by atoms with Crippen LogP contribution in [0.4, 0.5) is 0 Å². The molecule has 0 saturated carbocycles. The molecule has 0 spiro atoms. The van der Waals surface area contributed by atoms with Crippen molar-refractivity contribution in [1.82, 2.24) is 4.72 Å². The molecule has 0 aliphatic carbocycles. The molecule has 0 amide bonds. The van der Waals surface area contributed by atoms with Crippen LogP contribution in [0.2, 0.25) is 0 Å². The highest BCUT2D eigenvalue weighted by Gasteiger charge is 2.12. The Morgan fingerprint density at radius 2 is 1.81 bits per heavy atom. The number of hydrogen-bond acceptors (Lipinski definition) is 2. The van der Waals surface area contributed by atoms with E-state index in [2.05, 4.69) is 4.72 Å². The van der Waals surface area contributed by atoms with Gasteiger partial charge in [-0.3, -0.25) is 0 Å². The topological polar surface area (TPSA) is 46.2 Å². The third-order valence-corrected chi connectivity index (χ3v) is 2.68. The Labute approximate surface area is 97.2 Å². The maximum atomic E-state index is 11.3. The summed E-state index contributed by atoms with van der Waals surface area (Å²) >= 11 is 0. The summed E-state index contributed by atoms with van der Waals surface area (Å²) in [6.45, 7) is 3.89. The molecule has 0 aliphatic heterocycles. The molecule has 1 rings (SSSR count). The number of allylic oxidation sites excluding steroid dienone is 1. The van der Waals surface area contributed by atoms with E-state index in [0.717, 1.165) is 11.1 Å². The molecule has 0 unspecified atom stereocenters. The fraction of sp³-hybridized carbons (Fsp3) is 0.333. The van der Waals surface area contributed by atoms with Crippen LogP contribution >= 0.6 is 0 Å². The summed E-state index contributed by atoms with van der Waals surface area (Å²) in [5.41, 5.74) is 2.01. The monoisotopic (exact) mass is 239 g/mol. The standard InChI is InChI=1S/C12H17NO2S/c1-10(2)9-12(13-16(3,14)15)11-7-5-4-6-8-11/h4-9,12-13H,1-3H3/t12-/m1/s1. The van der Waals surface area contributed by atoms with Crippen molar-refractivity contribution in [3.8, 4) is 0 Å². The summed E-state index contributed by atoms with van der Waals surface area (Å²) < 4.78 is 25.1. The molecule has 16 heavy (non-hydrogen) atoms. The highest BCUT2D eigenvalue weighted by molar-refractivity contribution is 7.88. The smallest absolute Gasteiger partial charge is 0.209 e. The lowest BCUT2D eigenvalue weighted by Crippen LogP contribution is -2.26. The third kappa shape index (κ3) is 4.59. The first-order valence-electron chi connectivity index (χ1n) is 5.06. The molecule has 0 radical (unpaired) electrons. The van der Waals surface area contributed by atoms with E-state index in [-0.39, 0.29) is 6.04 Å². The first-order chi connectivity index (χ1) is 7.38. The molecule has 0 bridgehead atoms. The van der Waals surface area contributed by atoms with Gasteiger partial charge in [0.25, 0.3) is 0 Å². The maximum Gasteiger partial charge on any atom is 0.209 e. The van der Waals surface area contributed by atoms with Crippen LogP contribution in [0.25, 0.3) is 0 Å². The molecule has 1 aromatic rings. The van der Waals surface area contributed by atoms with Crippen LogP contribution in [-0.4, -0.2) is 14.7 Å². The maximum absolute atomic E-state index is 11.3. The van der Waals surface area contributed by atoms with Crippen molar-refractivity contribution in [1.29, 1.82) is 0 Å². The normalized spacial score (nSPS) is 13.2. The molecule has 1 atom stereocenters. The predicted octanol–water partition coefficient (Wildman–Crippen LogP) is 2.24. The van der Waals surface area contributed by atoms with Gasteiger partial charge in [-0.2, -0.15) is 0 Å². The molecular formula is C12H17NO2S. The molecule has 0 aliphatic rings. The van der Waals surface area contributed by atoms with Gasteiger partial charge in [-0.1, -0.05) is 42.0 Å². The first-order valence-corrected chi connectivity index (χ1v) is 6.95. The van der Waals surface area contributed by atoms with E-state index in [4.69, 9.17) is 0 Å². The van der Waals surface area contributed by atoms with Gasteiger partial charge in [-0.05, 0) is 19.4 Å². The molecule has 0 heterocycles. The fourth-order valence-corrected chi connectivity index (χ4v) is 2.09. The van der Waals surface area contributed by atoms with Gasteiger partial charge in [0.1, 0.15) is 0 Å². The Morgan fingerprint density at radius 1 is 1.25 bits per heavy atom. The zero-order chi connectivity index (χ0) is 12.2. The van der Waals surface area contributed by atoms with Crippen molar-refractivity contribution in [3.63, 3.8) is 0 Å². The highest BCUT2D eigenvalue weighted by atomic mass is 32.2. The Kier molecular flexibility index (Phi) is 4.26. The van der Waals surface area contributed by atoms with Crippen molar-refractivity contribution in [3.05, 3.63) is 47.5 Å². The molecule has 0 saturated heterocycles. The lowest BCUT2D eigenvalue weighted by molar-refractivity contribution is 0.580. The average Bonchev–Trinajstić information content (AvgIpc) is 2.15. The van der Waals surface area contributed by atoms with Gasteiger partial charge >= 0.3 is 0 Å². The lowest BCUT2D eigenvalue weighted by Gasteiger charge is -2.14. The summed E-state index contributed by atoms with van der Waals surface area (Å²) in [5, 5.41) is 0. The molecule has 4 heteroatoms. The van der Waals surface area contributed by atoms with Gasteiger partial charge in [-0.15, -0.1) is 0 Å². The minimum Gasteiger partial charge on any atom is -0.213 e. The molecule has 1 aromatic carbocycles. The highest BCUT2D eigenvalue weighted by Crippen LogP contribution is 2.16. The molecule has 0 aromatic heterocycles. The summed E-state index contributed by atoms with van der Waals surface area (Å²) in [6, 6.07) is 9.21. The largest absolute Gasteiger partial charge is 0.213 e. The van der Waals surface area contributed by atoms with Gasteiger partial charge in [-0.25, -0.2) is 13.1 Å². The average molecular weight is 239 g/mol. The molecule has 88 valence electrons. The molecule has 0 fully saturated rings. The van der Waals surface area contributed by atoms with Crippen molar-refractivity contribution >= 4 is 10.0 Å². The Morgan fingerprint density at radius 3 is 2.25 bits per heavy atom. The van der Waals surface area contributed by atoms with Crippen LogP contribution in [0.15, 0.2) is 42.0 Å². The SMILES string of the molecule is CC(C)=C[C@@H](NS(C)(=O)=O)c1ccccc1. The minimum atomic E-state index is -3.21. The summed E-state index contributed by atoms with van der Waals surface area (Å²) in [4.78, 5) is 0. The van der Waals surface area contributed by atoms with Crippen molar-refractivity contribution in [2.45, 2.75) is 19.9 Å². The van der Waals surface area contributed by atoms with Gasteiger partial charge in [0.2, 0.25) is 10.0 Å². The van der Waals surface area contributed by atoms with Gasteiger partial charge in [0.05, 0.1) is 12.3 Å². The van der Waals surface area contributed by atoms with E-state index in [0.29, 0.717) is 0 Å².